The first-order valence-electron chi connectivity index (χ1n) is 10.0. The fraction of sp³-hybridized carbons (Fsp3) is 0.700. The molecule has 0 unspecified atom stereocenters. The molecule has 0 saturated carbocycles. The maximum Gasteiger partial charge on any atom is 0.333 e. The first-order chi connectivity index (χ1) is 15.4. The lowest BCUT2D eigenvalue weighted by atomic mass is 9.99. The second-order valence-corrected chi connectivity index (χ2v) is 7.92. The van der Waals surface area contributed by atoms with Crippen LogP contribution < -0.4 is 0 Å². The third kappa shape index (κ3) is 5.77. The maximum absolute atomic E-state index is 12.2. The maximum atomic E-state index is 12.2. The summed E-state index contributed by atoms with van der Waals surface area (Å²) in [6.45, 7) is 7.18. The van der Waals surface area contributed by atoms with E-state index in [4.69, 9.17) is 23.7 Å². The van der Waals surface area contributed by atoms with E-state index in [0.717, 1.165) is 0 Å². The van der Waals surface area contributed by atoms with Gasteiger partial charge in [0.1, 0.15) is 43.2 Å². The highest BCUT2D eigenvalue weighted by atomic mass is 16.8. The molecule has 2 rings (SSSR count). The van der Waals surface area contributed by atoms with E-state index < -0.39 is 86.6 Å². The van der Waals surface area contributed by atoms with Crippen LogP contribution >= 0.6 is 0 Å². The van der Waals surface area contributed by atoms with Crippen molar-refractivity contribution in [3.8, 4) is 0 Å². The number of esters is 2. The Morgan fingerprint density at radius 2 is 1.45 bits per heavy atom. The van der Waals surface area contributed by atoms with E-state index in [1.54, 1.807) is 0 Å². The minimum Gasteiger partial charge on any atom is -0.456 e. The van der Waals surface area contributed by atoms with Gasteiger partial charge in [0, 0.05) is 11.1 Å². The molecule has 9 atom stereocenters. The number of carbonyl (C=O) groups is 2. The largest absolute Gasteiger partial charge is 0.456 e. The van der Waals surface area contributed by atoms with Crippen molar-refractivity contribution in [1.29, 1.82) is 0 Å². The van der Waals surface area contributed by atoms with Gasteiger partial charge in [-0.15, -0.1) is 0 Å². The fourth-order valence-electron chi connectivity index (χ4n) is 3.26. The zero-order valence-corrected chi connectivity index (χ0v) is 18.2. The van der Waals surface area contributed by atoms with E-state index >= 15 is 0 Å². The monoisotopic (exact) mass is 478 g/mol. The normalized spacial score (nSPS) is 38.5. The predicted molar refractivity (Wildman–Crippen MR) is 106 cm³/mol. The first kappa shape index (κ1) is 27.3. The van der Waals surface area contributed by atoms with E-state index in [1.165, 1.54) is 13.8 Å². The summed E-state index contributed by atoms with van der Waals surface area (Å²) < 4.78 is 26.9. The van der Waals surface area contributed by atoms with Gasteiger partial charge in [-0.25, -0.2) is 9.59 Å². The molecule has 0 radical (unpaired) electrons. The summed E-state index contributed by atoms with van der Waals surface area (Å²) >= 11 is 0. The lowest BCUT2D eigenvalue weighted by Gasteiger charge is -2.43. The van der Waals surface area contributed by atoms with E-state index in [1.807, 2.05) is 0 Å². The molecule has 0 amide bonds. The van der Waals surface area contributed by atoms with E-state index in [2.05, 4.69) is 13.2 Å². The Morgan fingerprint density at radius 3 is 1.97 bits per heavy atom. The van der Waals surface area contributed by atoms with Gasteiger partial charge in [-0.05, 0) is 13.8 Å². The Bertz CT molecular complexity index is 752. The van der Waals surface area contributed by atoms with Crippen molar-refractivity contribution < 1.29 is 63.9 Å². The number of rotatable bonds is 9. The molecule has 33 heavy (non-hydrogen) atoms. The Hall–Kier alpha value is -1.94. The quantitative estimate of drug-likeness (QED) is 0.143. The molecule has 2 heterocycles. The van der Waals surface area contributed by atoms with Gasteiger partial charge < -0.3 is 54.3 Å². The SMILES string of the molecule is C=C(C)C(=O)OC[C@@]1(O[C@H]2O[C@H](CO)[C@@H](O)[C@H](O)[C@H]2O)O[C@H](CO)[C@@H](O)[C@@H]1OC(=O)C(=C)C. The van der Waals surface area contributed by atoms with Crippen LogP contribution in [0.5, 0.6) is 0 Å². The van der Waals surface area contributed by atoms with Gasteiger partial charge in [0.05, 0.1) is 13.2 Å². The lowest BCUT2D eigenvalue weighted by molar-refractivity contribution is -0.383. The van der Waals surface area contributed by atoms with Crippen LogP contribution in [0.4, 0.5) is 0 Å². The lowest BCUT2D eigenvalue weighted by Crippen LogP contribution is -2.63. The number of hydrogen-bond acceptors (Lipinski definition) is 13. The molecule has 13 heteroatoms. The molecule has 0 bridgehead atoms. The van der Waals surface area contributed by atoms with E-state index in [9.17, 15) is 40.2 Å². The summed E-state index contributed by atoms with van der Waals surface area (Å²) in [5, 5.41) is 60.0. The third-order valence-electron chi connectivity index (χ3n) is 5.15. The summed E-state index contributed by atoms with van der Waals surface area (Å²) in [6, 6.07) is 0. The van der Waals surface area contributed by atoms with Crippen LogP contribution in [-0.4, -0.2) is 117 Å². The van der Waals surface area contributed by atoms with Crippen molar-refractivity contribution >= 4 is 11.9 Å². The zero-order valence-electron chi connectivity index (χ0n) is 18.2. The summed E-state index contributed by atoms with van der Waals surface area (Å²) in [4.78, 5) is 24.2. The smallest absolute Gasteiger partial charge is 0.333 e. The van der Waals surface area contributed by atoms with Crippen LogP contribution in [0.15, 0.2) is 24.3 Å². The highest BCUT2D eigenvalue weighted by molar-refractivity contribution is 5.87. The van der Waals surface area contributed by atoms with Gasteiger partial charge in [0.2, 0.25) is 5.79 Å². The number of aliphatic hydroxyl groups excluding tert-OH is 6. The molecule has 0 aromatic rings. The second-order valence-electron chi connectivity index (χ2n) is 7.92. The topological polar surface area (TPSA) is 202 Å². The van der Waals surface area contributed by atoms with E-state index in [0.29, 0.717) is 0 Å². The molecule has 2 saturated heterocycles. The van der Waals surface area contributed by atoms with Gasteiger partial charge in [-0.2, -0.15) is 0 Å². The average molecular weight is 478 g/mol. The molecule has 0 aliphatic carbocycles. The molecule has 188 valence electrons. The summed E-state index contributed by atoms with van der Waals surface area (Å²) in [6.07, 6.45) is -13.4. The van der Waals surface area contributed by atoms with Crippen LogP contribution in [0.3, 0.4) is 0 Å². The highest BCUT2D eigenvalue weighted by Gasteiger charge is 2.61. The Morgan fingerprint density at radius 1 is 0.879 bits per heavy atom. The van der Waals surface area contributed by atoms with Crippen molar-refractivity contribution in [2.24, 2.45) is 0 Å². The van der Waals surface area contributed by atoms with Crippen molar-refractivity contribution in [3.05, 3.63) is 24.3 Å². The van der Waals surface area contributed by atoms with Crippen molar-refractivity contribution in [2.45, 2.75) is 68.7 Å². The predicted octanol–water partition coefficient (Wildman–Crippen LogP) is -3.14. The molecule has 0 spiro atoms. The molecular weight excluding hydrogens is 448 g/mol. The van der Waals surface area contributed by atoms with Gasteiger partial charge in [-0.1, -0.05) is 13.2 Å². The van der Waals surface area contributed by atoms with Crippen LogP contribution in [0.2, 0.25) is 0 Å². The van der Waals surface area contributed by atoms with Crippen LogP contribution in [-0.2, 0) is 33.3 Å². The van der Waals surface area contributed by atoms with Crippen LogP contribution in [0.25, 0.3) is 0 Å². The Kier molecular flexibility index (Phi) is 9.09. The molecular formula is C20H30O13. The number of carbonyl (C=O) groups excluding carboxylic acids is 2. The number of ether oxygens (including phenoxy) is 5. The number of hydrogen-bond donors (Lipinski definition) is 6. The zero-order chi connectivity index (χ0) is 25.1. The van der Waals surface area contributed by atoms with E-state index in [-0.39, 0.29) is 11.1 Å². The summed E-state index contributed by atoms with van der Waals surface area (Å²) in [5.74, 6) is -4.23. The average Bonchev–Trinajstić information content (AvgIpc) is 3.03. The second kappa shape index (κ2) is 11.0. The first-order valence-corrected chi connectivity index (χ1v) is 10.0. The molecule has 0 aromatic heterocycles. The summed E-state index contributed by atoms with van der Waals surface area (Å²) in [7, 11) is 0. The molecule has 13 nitrogen and oxygen atoms in total. The van der Waals surface area contributed by atoms with Crippen molar-refractivity contribution in [1.82, 2.24) is 0 Å². The van der Waals surface area contributed by atoms with Gasteiger partial charge in [-0.3, -0.25) is 0 Å². The third-order valence-corrected chi connectivity index (χ3v) is 5.15. The van der Waals surface area contributed by atoms with Gasteiger partial charge >= 0.3 is 11.9 Å². The number of aliphatic hydroxyl groups is 6. The standard InChI is InChI=1S/C20H30O13/c1-8(2)17(27)29-7-20(33-19-15(26)14(25)12(23)10(5-21)30-19)16(31-18(28)9(3)4)13(24)11(6-22)32-20/h10-16,19,21-26H,1,3,5-7H2,2,4H3/t10-,11-,12-,13-,14+,15-,16+,19-,20+/m1/s1. The van der Waals surface area contributed by atoms with Gasteiger partial charge in [0.25, 0.3) is 0 Å². The molecule has 2 aliphatic heterocycles. The van der Waals surface area contributed by atoms with Crippen molar-refractivity contribution in [3.63, 3.8) is 0 Å². The molecule has 2 fully saturated rings. The molecule has 2 aliphatic rings. The van der Waals surface area contributed by atoms with Crippen molar-refractivity contribution in [2.75, 3.05) is 19.8 Å². The van der Waals surface area contributed by atoms with Gasteiger partial charge in [0.15, 0.2) is 12.4 Å². The Labute approximate surface area is 189 Å². The molecule has 0 aromatic carbocycles. The van der Waals surface area contributed by atoms with Crippen LogP contribution in [0.1, 0.15) is 13.8 Å². The Balaban J connectivity index is 2.45. The summed E-state index contributed by atoms with van der Waals surface area (Å²) in [5.41, 5.74) is -0.0685. The minimum absolute atomic E-state index is 0.00859. The highest BCUT2D eigenvalue weighted by Crippen LogP contribution is 2.38. The van der Waals surface area contributed by atoms with Crippen LogP contribution in [0, 0.1) is 0 Å². The minimum atomic E-state index is -2.35. The molecule has 6 N–H and O–H groups in total. The fourth-order valence-corrected chi connectivity index (χ4v) is 3.26.